The lowest BCUT2D eigenvalue weighted by Crippen LogP contribution is -2.25. The highest BCUT2D eigenvalue weighted by atomic mass is 16.5. The van der Waals surface area contributed by atoms with Crippen molar-refractivity contribution in [3.63, 3.8) is 0 Å². The van der Waals surface area contributed by atoms with E-state index >= 15 is 0 Å². The molecule has 1 N–H and O–H groups in total. The van der Waals surface area contributed by atoms with Crippen molar-refractivity contribution in [2.45, 2.75) is 73.1 Å². The van der Waals surface area contributed by atoms with Crippen LogP contribution in [0.25, 0.3) is 0 Å². The van der Waals surface area contributed by atoms with Crippen LogP contribution in [-0.2, 0) is 11.3 Å². The Morgan fingerprint density at radius 1 is 1.19 bits per heavy atom. The van der Waals surface area contributed by atoms with Crippen molar-refractivity contribution < 1.29 is 4.74 Å². The summed E-state index contributed by atoms with van der Waals surface area (Å²) in [4.78, 5) is 9.48. The van der Waals surface area contributed by atoms with Gasteiger partial charge >= 0.3 is 0 Å². The van der Waals surface area contributed by atoms with Gasteiger partial charge in [0.15, 0.2) is 5.82 Å². The summed E-state index contributed by atoms with van der Waals surface area (Å²) in [6, 6.07) is 0.703. The zero-order valence-electron chi connectivity index (χ0n) is 14.3. The second kappa shape index (κ2) is 6.41. The Balaban J connectivity index is 2.23. The van der Waals surface area contributed by atoms with Gasteiger partial charge in [-0.1, -0.05) is 20.8 Å². The molecule has 0 spiro atoms. The number of hydrogen-bond donors (Lipinski definition) is 1. The van der Waals surface area contributed by atoms with Crippen LogP contribution in [0.5, 0.6) is 0 Å². The third-order valence-electron chi connectivity index (χ3n) is 3.94. The minimum absolute atomic E-state index is 0.0112. The maximum Gasteiger partial charge on any atom is 0.158 e. The number of ether oxygens (including phenoxy) is 1. The molecule has 0 aliphatic heterocycles. The molecule has 1 aliphatic carbocycles. The Hall–Kier alpha value is -1.00. The van der Waals surface area contributed by atoms with Gasteiger partial charge in [-0.2, -0.15) is 0 Å². The summed E-state index contributed by atoms with van der Waals surface area (Å²) in [6.45, 7) is 14.2. The SMILES string of the molecule is CCOC(c1nc(C)c(CNC2CC2)c(C)n1)C(C)(C)C. The van der Waals surface area contributed by atoms with Gasteiger partial charge in [0, 0.05) is 36.1 Å². The van der Waals surface area contributed by atoms with Crippen LogP contribution in [0, 0.1) is 19.3 Å². The van der Waals surface area contributed by atoms with Crippen molar-refractivity contribution in [3.05, 3.63) is 22.8 Å². The van der Waals surface area contributed by atoms with Crippen molar-refractivity contribution in [2.75, 3.05) is 6.61 Å². The van der Waals surface area contributed by atoms with Gasteiger partial charge in [0.05, 0.1) is 0 Å². The van der Waals surface area contributed by atoms with E-state index in [0.717, 1.165) is 23.8 Å². The van der Waals surface area contributed by atoms with Crippen LogP contribution in [0.4, 0.5) is 0 Å². The van der Waals surface area contributed by atoms with Gasteiger partial charge in [-0.25, -0.2) is 9.97 Å². The molecule has 21 heavy (non-hydrogen) atoms. The van der Waals surface area contributed by atoms with Crippen molar-refractivity contribution >= 4 is 0 Å². The summed E-state index contributed by atoms with van der Waals surface area (Å²) < 4.78 is 5.91. The maximum atomic E-state index is 5.91. The zero-order chi connectivity index (χ0) is 15.6. The molecule has 4 heteroatoms. The predicted octanol–water partition coefficient (Wildman–Crippen LogP) is 3.47. The highest BCUT2D eigenvalue weighted by Crippen LogP contribution is 2.34. The number of hydrogen-bond acceptors (Lipinski definition) is 4. The fraction of sp³-hybridized carbons (Fsp3) is 0.765. The molecule has 1 aromatic rings. The largest absolute Gasteiger partial charge is 0.370 e. The molecule has 1 aromatic heterocycles. The average Bonchev–Trinajstić information content (AvgIpc) is 3.17. The zero-order valence-corrected chi connectivity index (χ0v) is 14.3. The van der Waals surface area contributed by atoms with Crippen molar-refractivity contribution in [1.29, 1.82) is 0 Å². The van der Waals surface area contributed by atoms with Crippen molar-refractivity contribution in [1.82, 2.24) is 15.3 Å². The number of rotatable bonds is 6. The van der Waals surface area contributed by atoms with E-state index in [1.165, 1.54) is 18.4 Å². The van der Waals surface area contributed by atoms with Gasteiger partial charge in [-0.05, 0) is 39.0 Å². The lowest BCUT2D eigenvalue weighted by molar-refractivity contribution is -0.0193. The lowest BCUT2D eigenvalue weighted by Gasteiger charge is -2.29. The Morgan fingerprint density at radius 3 is 2.19 bits per heavy atom. The van der Waals surface area contributed by atoms with E-state index < -0.39 is 0 Å². The van der Waals surface area contributed by atoms with Gasteiger partial charge in [-0.3, -0.25) is 0 Å². The number of aromatic nitrogens is 2. The summed E-state index contributed by atoms with van der Waals surface area (Å²) >= 11 is 0. The average molecular weight is 291 g/mol. The molecule has 1 heterocycles. The smallest absolute Gasteiger partial charge is 0.158 e. The van der Waals surface area contributed by atoms with Gasteiger partial charge in [-0.15, -0.1) is 0 Å². The van der Waals surface area contributed by atoms with E-state index in [1.54, 1.807) is 0 Å². The fourth-order valence-electron chi connectivity index (χ4n) is 2.55. The van der Waals surface area contributed by atoms with Crippen LogP contribution in [-0.4, -0.2) is 22.6 Å². The molecule has 0 radical (unpaired) electrons. The third-order valence-corrected chi connectivity index (χ3v) is 3.94. The second-order valence-electron chi connectivity index (χ2n) is 7.09. The first-order valence-corrected chi connectivity index (χ1v) is 8.02. The van der Waals surface area contributed by atoms with Gasteiger partial charge in [0.25, 0.3) is 0 Å². The lowest BCUT2D eigenvalue weighted by atomic mass is 9.88. The van der Waals surface area contributed by atoms with Gasteiger partial charge in [0.1, 0.15) is 6.10 Å². The Bertz CT molecular complexity index is 466. The Kier molecular flexibility index (Phi) is 4.99. The van der Waals surface area contributed by atoms with Crippen LogP contribution in [0.15, 0.2) is 0 Å². The quantitative estimate of drug-likeness (QED) is 0.872. The molecular formula is C17H29N3O. The summed E-state index contributed by atoms with van der Waals surface area (Å²) in [5.74, 6) is 0.814. The Labute approximate surface area is 128 Å². The molecule has 0 amide bonds. The minimum Gasteiger partial charge on any atom is -0.370 e. The third kappa shape index (κ3) is 4.24. The van der Waals surface area contributed by atoms with Crippen LogP contribution in [0.1, 0.15) is 69.4 Å². The highest BCUT2D eigenvalue weighted by Gasteiger charge is 2.30. The maximum absolute atomic E-state index is 5.91. The molecular weight excluding hydrogens is 262 g/mol. The standard InChI is InChI=1S/C17H29N3O/c1-7-21-15(17(4,5)6)16-19-11(2)14(12(3)20-16)10-18-13-8-9-13/h13,15,18H,7-10H2,1-6H3. The summed E-state index contributed by atoms with van der Waals surface area (Å²) in [5, 5.41) is 3.55. The normalized spacial score (nSPS) is 17.0. The van der Waals surface area contributed by atoms with Crippen LogP contribution in [0.3, 0.4) is 0 Å². The van der Waals surface area contributed by atoms with Crippen LogP contribution < -0.4 is 5.32 Å². The van der Waals surface area contributed by atoms with E-state index in [0.29, 0.717) is 12.6 Å². The molecule has 2 rings (SSSR count). The van der Waals surface area contributed by atoms with E-state index in [-0.39, 0.29) is 11.5 Å². The summed E-state index contributed by atoms with van der Waals surface area (Å²) in [7, 11) is 0. The van der Waals surface area contributed by atoms with Crippen LogP contribution >= 0.6 is 0 Å². The molecule has 1 saturated carbocycles. The first-order valence-electron chi connectivity index (χ1n) is 8.02. The summed E-state index contributed by atoms with van der Waals surface area (Å²) in [6.07, 6.45) is 2.53. The molecule has 1 aliphatic rings. The molecule has 1 fully saturated rings. The summed E-state index contributed by atoms with van der Waals surface area (Å²) in [5.41, 5.74) is 3.36. The molecule has 4 nitrogen and oxygen atoms in total. The molecule has 1 unspecified atom stereocenters. The predicted molar refractivity (Wildman–Crippen MR) is 85.2 cm³/mol. The van der Waals surface area contributed by atoms with Crippen molar-refractivity contribution in [2.24, 2.45) is 5.41 Å². The number of nitrogens with one attached hydrogen (secondary N) is 1. The molecule has 1 atom stereocenters. The molecule has 0 saturated heterocycles. The Morgan fingerprint density at radius 2 is 1.76 bits per heavy atom. The molecule has 0 bridgehead atoms. The topological polar surface area (TPSA) is 47.0 Å². The first kappa shape index (κ1) is 16.4. The van der Waals surface area contributed by atoms with E-state index in [2.05, 4.69) is 39.9 Å². The van der Waals surface area contributed by atoms with E-state index in [9.17, 15) is 0 Å². The van der Waals surface area contributed by atoms with Gasteiger partial charge in [0.2, 0.25) is 0 Å². The number of aryl methyl sites for hydroxylation is 2. The molecule has 0 aromatic carbocycles. The highest BCUT2D eigenvalue weighted by molar-refractivity contribution is 5.25. The first-order chi connectivity index (χ1) is 9.82. The minimum atomic E-state index is -0.0645. The van der Waals surface area contributed by atoms with Crippen molar-refractivity contribution in [3.8, 4) is 0 Å². The number of nitrogens with zero attached hydrogens (tertiary/aromatic N) is 2. The van der Waals surface area contributed by atoms with Gasteiger partial charge < -0.3 is 10.1 Å². The van der Waals surface area contributed by atoms with E-state index in [1.807, 2.05) is 6.92 Å². The second-order valence-corrected chi connectivity index (χ2v) is 7.09. The van der Waals surface area contributed by atoms with Crippen LogP contribution in [0.2, 0.25) is 0 Å². The molecule has 118 valence electrons. The van der Waals surface area contributed by atoms with E-state index in [4.69, 9.17) is 14.7 Å². The fourth-order valence-corrected chi connectivity index (χ4v) is 2.55. The monoisotopic (exact) mass is 291 g/mol.